The fraction of sp³-hybridized carbons (Fsp3) is 0.588. The van der Waals surface area contributed by atoms with E-state index in [-0.39, 0.29) is 5.92 Å². The zero-order valence-corrected chi connectivity index (χ0v) is 13.4. The zero-order valence-electron chi connectivity index (χ0n) is 13.4. The number of carbonyl (C=O) groups is 1. The normalized spacial score (nSPS) is 15.6. The van der Waals surface area contributed by atoms with Gasteiger partial charge in [0.05, 0.1) is 0 Å². The number of nitrogen functional groups attached to an aromatic ring is 1. The van der Waals surface area contributed by atoms with Crippen LogP contribution in [0.2, 0.25) is 0 Å². The first-order chi connectivity index (χ1) is 10.1. The van der Waals surface area contributed by atoms with Crippen LogP contribution in [0.5, 0.6) is 0 Å². The molecule has 1 amide bonds. The molecule has 0 unspecified atom stereocenters. The van der Waals surface area contributed by atoms with E-state index < -0.39 is 0 Å². The van der Waals surface area contributed by atoms with Gasteiger partial charge in [-0.3, -0.25) is 4.79 Å². The maximum Gasteiger partial charge on any atom is 0.225 e. The van der Waals surface area contributed by atoms with Crippen molar-refractivity contribution in [1.82, 2.24) is 4.90 Å². The van der Waals surface area contributed by atoms with Crippen LogP contribution in [0.3, 0.4) is 0 Å². The number of hydrogen-bond acceptors (Lipinski definition) is 3. The number of anilines is 2. The number of aryl methyl sites for hydroxylation is 1. The molecule has 1 heterocycles. The summed E-state index contributed by atoms with van der Waals surface area (Å²) in [6, 6.07) is 6.21. The maximum absolute atomic E-state index is 12.4. The van der Waals surface area contributed by atoms with E-state index in [0.29, 0.717) is 5.91 Å². The van der Waals surface area contributed by atoms with E-state index in [1.54, 1.807) is 0 Å². The van der Waals surface area contributed by atoms with Crippen molar-refractivity contribution < 1.29 is 4.79 Å². The van der Waals surface area contributed by atoms with Crippen LogP contribution in [0.1, 0.15) is 32.3 Å². The lowest BCUT2D eigenvalue weighted by Gasteiger charge is -2.37. The molecule has 1 aromatic rings. The number of piperazine rings is 1. The van der Waals surface area contributed by atoms with E-state index in [1.165, 1.54) is 0 Å². The van der Waals surface area contributed by atoms with Gasteiger partial charge in [-0.2, -0.15) is 0 Å². The average molecular weight is 289 g/mol. The molecule has 4 nitrogen and oxygen atoms in total. The minimum Gasteiger partial charge on any atom is -0.398 e. The van der Waals surface area contributed by atoms with Crippen molar-refractivity contribution in [3.8, 4) is 0 Å². The van der Waals surface area contributed by atoms with Crippen LogP contribution >= 0.6 is 0 Å². The van der Waals surface area contributed by atoms with Crippen molar-refractivity contribution in [2.45, 2.75) is 33.6 Å². The summed E-state index contributed by atoms with van der Waals surface area (Å²) in [7, 11) is 0. The molecule has 2 N–H and O–H groups in total. The molecular weight excluding hydrogens is 262 g/mol. The Morgan fingerprint density at radius 3 is 2.33 bits per heavy atom. The van der Waals surface area contributed by atoms with Crippen molar-refractivity contribution in [3.05, 3.63) is 23.8 Å². The monoisotopic (exact) mass is 289 g/mol. The van der Waals surface area contributed by atoms with Gasteiger partial charge in [-0.05, 0) is 37.5 Å². The Morgan fingerprint density at radius 2 is 1.81 bits per heavy atom. The summed E-state index contributed by atoms with van der Waals surface area (Å²) < 4.78 is 0. The van der Waals surface area contributed by atoms with Gasteiger partial charge in [0.1, 0.15) is 0 Å². The van der Waals surface area contributed by atoms with Crippen LogP contribution < -0.4 is 10.6 Å². The van der Waals surface area contributed by atoms with Gasteiger partial charge in [-0.15, -0.1) is 0 Å². The molecule has 0 atom stereocenters. The lowest BCUT2D eigenvalue weighted by Crippen LogP contribution is -2.50. The Hall–Kier alpha value is -1.71. The topological polar surface area (TPSA) is 49.6 Å². The van der Waals surface area contributed by atoms with Gasteiger partial charge in [0.15, 0.2) is 0 Å². The number of benzene rings is 1. The summed E-state index contributed by atoms with van der Waals surface area (Å²) in [5.41, 5.74) is 9.10. The number of rotatable bonds is 4. The first-order valence-electron chi connectivity index (χ1n) is 7.96. The first-order valence-corrected chi connectivity index (χ1v) is 7.96. The Balaban J connectivity index is 1.96. The number of hydrogen-bond donors (Lipinski definition) is 1. The van der Waals surface area contributed by atoms with Crippen LogP contribution in [0, 0.1) is 12.8 Å². The van der Waals surface area contributed by atoms with Crippen LogP contribution in [0.25, 0.3) is 0 Å². The van der Waals surface area contributed by atoms with E-state index in [4.69, 9.17) is 5.73 Å². The Morgan fingerprint density at radius 1 is 1.19 bits per heavy atom. The molecule has 4 heteroatoms. The van der Waals surface area contributed by atoms with E-state index in [9.17, 15) is 4.79 Å². The first kappa shape index (κ1) is 15.7. The molecule has 116 valence electrons. The molecule has 0 radical (unpaired) electrons. The fourth-order valence-corrected chi connectivity index (χ4v) is 2.91. The SMILES string of the molecule is CCC(CC)C(=O)N1CCN(c2ccc(C)c(N)c2)CC1. The maximum atomic E-state index is 12.4. The fourth-order valence-electron chi connectivity index (χ4n) is 2.91. The molecule has 1 aliphatic rings. The summed E-state index contributed by atoms with van der Waals surface area (Å²) >= 11 is 0. The summed E-state index contributed by atoms with van der Waals surface area (Å²) in [5, 5.41) is 0. The van der Waals surface area contributed by atoms with Gasteiger partial charge in [-0.25, -0.2) is 0 Å². The molecular formula is C17H27N3O. The predicted molar refractivity (Wildman–Crippen MR) is 88.5 cm³/mol. The Bertz CT molecular complexity index is 489. The molecule has 1 aromatic carbocycles. The molecule has 0 aromatic heterocycles. The van der Waals surface area contributed by atoms with Crippen LogP contribution in [0.15, 0.2) is 18.2 Å². The number of nitrogens with two attached hydrogens (primary N) is 1. The molecule has 0 aliphatic carbocycles. The van der Waals surface area contributed by atoms with E-state index in [0.717, 1.165) is 56.0 Å². The number of nitrogens with zero attached hydrogens (tertiary/aromatic N) is 2. The van der Waals surface area contributed by atoms with Gasteiger partial charge >= 0.3 is 0 Å². The van der Waals surface area contributed by atoms with Crippen molar-refractivity contribution in [2.24, 2.45) is 5.92 Å². The molecule has 2 rings (SSSR count). The van der Waals surface area contributed by atoms with E-state index in [2.05, 4.69) is 30.9 Å². The largest absolute Gasteiger partial charge is 0.398 e. The second-order valence-corrected chi connectivity index (χ2v) is 5.87. The van der Waals surface area contributed by atoms with Crippen LogP contribution in [0.4, 0.5) is 11.4 Å². The molecule has 1 saturated heterocycles. The van der Waals surface area contributed by atoms with Gasteiger partial charge < -0.3 is 15.5 Å². The lowest BCUT2D eigenvalue weighted by molar-refractivity contribution is -0.136. The predicted octanol–water partition coefficient (Wildman–Crippen LogP) is 2.66. The molecule has 0 saturated carbocycles. The summed E-state index contributed by atoms with van der Waals surface area (Å²) in [4.78, 5) is 16.7. The highest BCUT2D eigenvalue weighted by molar-refractivity contribution is 5.79. The quantitative estimate of drug-likeness (QED) is 0.867. The second kappa shape index (κ2) is 6.83. The van der Waals surface area contributed by atoms with Gasteiger partial charge in [-0.1, -0.05) is 19.9 Å². The summed E-state index contributed by atoms with van der Waals surface area (Å²) in [6.07, 6.45) is 1.87. The van der Waals surface area contributed by atoms with Crippen molar-refractivity contribution >= 4 is 17.3 Å². The van der Waals surface area contributed by atoms with Crippen LogP contribution in [-0.2, 0) is 4.79 Å². The zero-order chi connectivity index (χ0) is 15.4. The highest BCUT2D eigenvalue weighted by Gasteiger charge is 2.25. The summed E-state index contributed by atoms with van der Waals surface area (Å²) in [6.45, 7) is 9.59. The average Bonchev–Trinajstić information content (AvgIpc) is 2.51. The molecule has 0 bridgehead atoms. The van der Waals surface area contributed by atoms with Crippen molar-refractivity contribution in [2.75, 3.05) is 36.8 Å². The molecule has 21 heavy (non-hydrogen) atoms. The molecule has 1 aliphatic heterocycles. The van der Waals surface area contributed by atoms with Crippen molar-refractivity contribution in [1.29, 1.82) is 0 Å². The number of amides is 1. The standard InChI is InChI=1S/C17H27N3O/c1-4-14(5-2)17(21)20-10-8-19(9-11-20)15-7-6-13(3)16(18)12-15/h6-7,12,14H,4-5,8-11,18H2,1-3H3. The smallest absolute Gasteiger partial charge is 0.225 e. The van der Waals surface area contributed by atoms with Gasteiger partial charge in [0.2, 0.25) is 5.91 Å². The lowest BCUT2D eigenvalue weighted by atomic mass is 10.0. The minimum atomic E-state index is 0.187. The van der Waals surface area contributed by atoms with Gasteiger partial charge in [0, 0.05) is 43.5 Å². The molecule has 1 fully saturated rings. The highest BCUT2D eigenvalue weighted by atomic mass is 16.2. The highest BCUT2D eigenvalue weighted by Crippen LogP contribution is 2.23. The third-order valence-corrected chi connectivity index (χ3v) is 4.55. The van der Waals surface area contributed by atoms with E-state index >= 15 is 0 Å². The van der Waals surface area contributed by atoms with Crippen LogP contribution in [-0.4, -0.2) is 37.0 Å². The third kappa shape index (κ3) is 3.49. The second-order valence-electron chi connectivity index (χ2n) is 5.87. The minimum absolute atomic E-state index is 0.187. The number of carbonyl (C=O) groups excluding carboxylic acids is 1. The third-order valence-electron chi connectivity index (χ3n) is 4.55. The summed E-state index contributed by atoms with van der Waals surface area (Å²) in [5.74, 6) is 0.509. The van der Waals surface area contributed by atoms with Gasteiger partial charge in [0.25, 0.3) is 0 Å². The Labute approximate surface area is 127 Å². The van der Waals surface area contributed by atoms with E-state index in [1.807, 2.05) is 17.9 Å². The van der Waals surface area contributed by atoms with Crippen molar-refractivity contribution in [3.63, 3.8) is 0 Å². The Kier molecular flexibility index (Phi) is 5.10. The molecule has 0 spiro atoms.